The molecule has 1 aliphatic carbocycles. The SMILES string of the molecule is COc1cc(C=NNC(=O)C2CCCCC2)ccc1OCc1ccc(Cl)cc1. The van der Waals surface area contributed by atoms with Crippen LogP contribution in [-0.2, 0) is 11.4 Å². The number of hydrogen-bond donors (Lipinski definition) is 1. The van der Waals surface area contributed by atoms with Gasteiger partial charge in [-0.25, -0.2) is 5.43 Å². The Morgan fingerprint density at radius 1 is 1.14 bits per heavy atom. The van der Waals surface area contributed by atoms with E-state index in [9.17, 15) is 4.79 Å². The van der Waals surface area contributed by atoms with E-state index in [1.807, 2.05) is 42.5 Å². The highest BCUT2D eigenvalue weighted by molar-refractivity contribution is 6.30. The molecule has 148 valence electrons. The van der Waals surface area contributed by atoms with Crippen molar-refractivity contribution >= 4 is 23.7 Å². The van der Waals surface area contributed by atoms with E-state index in [0.29, 0.717) is 23.1 Å². The summed E-state index contributed by atoms with van der Waals surface area (Å²) < 4.78 is 11.3. The van der Waals surface area contributed by atoms with Crippen LogP contribution >= 0.6 is 11.6 Å². The summed E-state index contributed by atoms with van der Waals surface area (Å²) in [5, 5.41) is 4.79. The molecule has 0 aromatic heterocycles. The fraction of sp³-hybridized carbons (Fsp3) is 0.364. The smallest absolute Gasteiger partial charge is 0.243 e. The normalized spacial score (nSPS) is 14.8. The zero-order valence-corrected chi connectivity index (χ0v) is 16.7. The second kappa shape index (κ2) is 10.1. The molecule has 6 heteroatoms. The monoisotopic (exact) mass is 400 g/mol. The average Bonchev–Trinajstić information content (AvgIpc) is 2.74. The van der Waals surface area contributed by atoms with Gasteiger partial charge in [-0.15, -0.1) is 0 Å². The maximum absolute atomic E-state index is 12.1. The summed E-state index contributed by atoms with van der Waals surface area (Å²) in [6.45, 7) is 0.415. The quantitative estimate of drug-likeness (QED) is 0.528. The minimum atomic E-state index is 0.00540. The van der Waals surface area contributed by atoms with Gasteiger partial charge in [0.15, 0.2) is 11.5 Å². The highest BCUT2D eigenvalue weighted by Gasteiger charge is 2.20. The molecule has 0 saturated heterocycles. The first-order valence-electron chi connectivity index (χ1n) is 9.54. The molecule has 0 radical (unpaired) electrons. The Hall–Kier alpha value is -2.53. The van der Waals surface area contributed by atoms with E-state index >= 15 is 0 Å². The highest BCUT2D eigenvalue weighted by Crippen LogP contribution is 2.28. The zero-order chi connectivity index (χ0) is 19.8. The van der Waals surface area contributed by atoms with Gasteiger partial charge in [0.25, 0.3) is 0 Å². The van der Waals surface area contributed by atoms with Gasteiger partial charge in [0.1, 0.15) is 6.61 Å². The van der Waals surface area contributed by atoms with Crippen molar-refractivity contribution in [3.05, 3.63) is 58.6 Å². The molecule has 1 N–H and O–H groups in total. The number of benzene rings is 2. The van der Waals surface area contributed by atoms with Crippen LogP contribution < -0.4 is 14.9 Å². The minimum absolute atomic E-state index is 0.00540. The molecule has 0 spiro atoms. The van der Waals surface area contributed by atoms with E-state index in [2.05, 4.69) is 10.5 Å². The molecular weight excluding hydrogens is 376 g/mol. The van der Waals surface area contributed by atoms with Crippen LogP contribution in [0, 0.1) is 5.92 Å². The Kier molecular flexibility index (Phi) is 7.31. The van der Waals surface area contributed by atoms with Gasteiger partial charge < -0.3 is 9.47 Å². The first-order valence-corrected chi connectivity index (χ1v) is 9.91. The molecule has 0 atom stereocenters. The zero-order valence-electron chi connectivity index (χ0n) is 16.0. The van der Waals surface area contributed by atoms with Crippen molar-refractivity contribution in [2.75, 3.05) is 7.11 Å². The van der Waals surface area contributed by atoms with E-state index in [-0.39, 0.29) is 11.8 Å². The molecule has 2 aromatic rings. The number of amides is 1. The second-order valence-electron chi connectivity index (χ2n) is 6.89. The van der Waals surface area contributed by atoms with E-state index in [1.165, 1.54) is 6.42 Å². The van der Waals surface area contributed by atoms with Gasteiger partial charge in [0, 0.05) is 10.9 Å². The van der Waals surface area contributed by atoms with Gasteiger partial charge in [0.05, 0.1) is 13.3 Å². The van der Waals surface area contributed by atoms with Crippen molar-refractivity contribution < 1.29 is 14.3 Å². The lowest BCUT2D eigenvalue weighted by atomic mass is 9.89. The van der Waals surface area contributed by atoms with Gasteiger partial charge in [0.2, 0.25) is 5.91 Å². The molecule has 1 fully saturated rings. The third-order valence-electron chi connectivity index (χ3n) is 4.86. The number of methoxy groups -OCH3 is 1. The molecule has 5 nitrogen and oxygen atoms in total. The molecule has 1 amide bonds. The highest BCUT2D eigenvalue weighted by atomic mass is 35.5. The third kappa shape index (κ3) is 5.73. The van der Waals surface area contributed by atoms with Crippen molar-refractivity contribution in [2.24, 2.45) is 11.0 Å². The number of carbonyl (C=O) groups is 1. The second-order valence-corrected chi connectivity index (χ2v) is 7.33. The van der Waals surface area contributed by atoms with E-state index in [1.54, 1.807) is 13.3 Å². The Morgan fingerprint density at radius 3 is 2.61 bits per heavy atom. The predicted octanol–water partition coefficient (Wildman–Crippen LogP) is 4.96. The Balaban J connectivity index is 1.57. The number of ether oxygens (including phenoxy) is 2. The van der Waals surface area contributed by atoms with Gasteiger partial charge in [-0.3, -0.25) is 4.79 Å². The van der Waals surface area contributed by atoms with Crippen LogP contribution in [-0.4, -0.2) is 19.2 Å². The number of hydrogen-bond acceptors (Lipinski definition) is 4. The minimum Gasteiger partial charge on any atom is -0.493 e. The van der Waals surface area contributed by atoms with Crippen molar-refractivity contribution in [1.82, 2.24) is 5.43 Å². The Bertz CT molecular complexity index is 815. The average molecular weight is 401 g/mol. The summed E-state index contributed by atoms with van der Waals surface area (Å²) in [5.74, 6) is 1.34. The molecule has 0 bridgehead atoms. The lowest BCUT2D eigenvalue weighted by Gasteiger charge is -2.19. The number of rotatable bonds is 7. The summed E-state index contributed by atoms with van der Waals surface area (Å²) in [4.78, 5) is 12.1. The van der Waals surface area contributed by atoms with Crippen LogP contribution in [0.4, 0.5) is 0 Å². The van der Waals surface area contributed by atoms with Gasteiger partial charge in [-0.2, -0.15) is 5.10 Å². The molecule has 2 aromatic carbocycles. The van der Waals surface area contributed by atoms with Crippen molar-refractivity contribution in [1.29, 1.82) is 0 Å². The summed E-state index contributed by atoms with van der Waals surface area (Å²) in [5.41, 5.74) is 4.49. The maximum Gasteiger partial charge on any atom is 0.243 e. The van der Waals surface area contributed by atoms with Crippen LogP contribution in [0.1, 0.15) is 43.2 Å². The van der Waals surface area contributed by atoms with Gasteiger partial charge in [-0.05, 0) is 54.3 Å². The Labute approximate surface area is 170 Å². The number of halogens is 1. The number of nitrogens with zero attached hydrogens (tertiary/aromatic N) is 1. The summed E-state index contributed by atoms with van der Waals surface area (Å²) in [7, 11) is 1.59. The lowest BCUT2D eigenvalue weighted by Crippen LogP contribution is -2.28. The first kappa shape index (κ1) is 20.2. The van der Waals surface area contributed by atoms with Crippen molar-refractivity contribution in [3.8, 4) is 11.5 Å². The van der Waals surface area contributed by atoms with Gasteiger partial charge in [-0.1, -0.05) is 43.0 Å². The third-order valence-corrected chi connectivity index (χ3v) is 5.11. The number of carbonyl (C=O) groups excluding carboxylic acids is 1. The molecule has 3 rings (SSSR count). The summed E-state index contributed by atoms with van der Waals surface area (Å²) in [6, 6.07) is 13.0. The molecule has 0 aliphatic heterocycles. The Morgan fingerprint density at radius 2 is 1.89 bits per heavy atom. The van der Waals surface area contributed by atoms with Crippen LogP contribution in [0.2, 0.25) is 5.02 Å². The molecule has 28 heavy (non-hydrogen) atoms. The van der Waals surface area contributed by atoms with E-state index in [0.717, 1.165) is 36.8 Å². The van der Waals surface area contributed by atoms with E-state index < -0.39 is 0 Å². The molecule has 1 saturated carbocycles. The predicted molar refractivity (Wildman–Crippen MR) is 111 cm³/mol. The number of nitrogens with one attached hydrogen (secondary N) is 1. The topological polar surface area (TPSA) is 59.9 Å². The maximum atomic E-state index is 12.1. The van der Waals surface area contributed by atoms with Crippen molar-refractivity contribution in [2.45, 2.75) is 38.7 Å². The van der Waals surface area contributed by atoms with E-state index in [4.69, 9.17) is 21.1 Å². The standard InChI is InChI=1S/C22H25ClN2O3/c1-27-21-13-17(14-24-25-22(26)18-5-3-2-4-6-18)9-12-20(21)28-15-16-7-10-19(23)11-8-16/h7-14,18H,2-6,15H2,1H3,(H,25,26). The fourth-order valence-electron chi connectivity index (χ4n) is 3.25. The van der Waals surface area contributed by atoms with Crippen LogP contribution in [0.5, 0.6) is 11.5 Å². The molecule has 0 heterocycles. The van der Waals surface area contributed by atoms with Crippen LogP contribution in [0.25, 0.3) is 0 Å². The van der Waals surface area contributed by atoms with Crippen LogP contribution in [0.3, 0.4) is 0 Å². The van der Waals surface area contributed by atoms with Crippen LogP contribution in [0.15, 0.2) is 47.6 Å². The molecule has 1 aliphatic rings. The van der Waals surface area contributed by atoms with Crippen molar-refractivity contribution in [3.63, 3.8) is 0 Å². The summed E-state index contributed by atoms with van der Waals surface area (Å²) >= 11 is 5.90. The number of hydrazone groups is 1. The largest absolute Gasteiger partial charge is 0.493 e. The molecular formula is C22H25ClN2O3. The first-order chi connectivity index (χ1) is 13.7. The fourth-order valence-corrected chi connectivity index (χ4v) is 3.38. The lowest BCUT2D eigenvalue weighted by molar-refractivity contribution is -0.125. The molecule has 0 unspecified atom stereocenters. The van der Waals surface area contributed by atoms with Gasteiger partial charge >= 0.3 is 0 Å². The summed E-state index contributed by atoms with van der Waals surface area (Å²) in [6.07, 6.45) is 6.99.